The molecule has 1 heterocycles. The van der Waals surface area contributed by atoms with Crippen LogP contribution < -0.4 is 0 Å². The minimum atomic E-state index is 0.619. The van der Waals surface area contributed by atoms with Crippen molar-refractivity contribution in [3.05, 3.63) is 0 Å². The van der Waals surface area contributed by atoms with Crippen molar-refractivity contribution >= 4 is 0 Å². The predicted molar refractivity (Wildman–Crippen MR) is 47.0 cm³/mol. The molecule has 0 bridgehead atoms. The Morgan fingerprint density at radius 2 is 0.923 bits per heavy atom. The fourth-order valence-corrected chi connectivity index (χ4v) is 0.894. The first-order valence-corrected chi connectivity index (χ1v) is 4.56. The third-order valence-electron chi connectivity index (χ3n) is 1.52. The second-order valence-corrected chi connectivity index (χ2v) is 2.57. The SMILES string of the molecule is C1COCCOCCOCC/N=N\1. The van der Waals surface area contributed by atoms with Gasteiger partial charge in [0.25, 0.3) is 0 Å². The van der Waals surface area contributed by atoms with Crippen molar-refractivity contribution in [1.29, 1.82) is 0 Å². The molecule has 1 aliphatic rings. The van der Waals surface area contributed by atoms with Crippen LogP contribution in [0.5, 0.6) is 0 Å². The van der Waals surface area contributed by atoms with Crippen LogP contribution in [0.25, 0.3) is 0 Å². The summed E-state index contributed by atoms with van der Waals surface area (Å²) >= 11 is 0. The number of azo groups is 1. The standard InChI is InChI=1S/C8H16N2O3/c1-3-11-5-7-13-8-6-12-4-2-10-9-1/h1-8H2/b10-9-. The Kier molecular flexibility index (Phi) is 6.58. The predicted octanol–water partition coefficient (Wildman–Crippen LogP) is 0.502. The highest BCUT2D eigenvalue weighted by atomic mass is 16.5. The van der Waals surface area contributed by atoms with Crippen LogP contribution in [-0.2, 0) is 14.2 Å². The molecule has 1 aliphatic heterocycles. The average molecular weight is 188 g/mol. The molecule has 76 valence electrons. The smallest absolute Gasteiger partial charge is 0.0832 e. The zero-order valence-electron chi connectivity index (χ0n) is 7.78. The van der Waals surface area contributed by atoms with Gasteiger partial charge in [0.2, 0.25) is 0 Å². The minimum Gasteiger partial charge on any atom is -0.377 e. The molecule has 0 radical (unpaired) electrons. The van der Waals surface area contributed by atoms with Gasteiger partial charge in [-0.2, -0.15) is 10.2 Å². The van der Waals surface area contributed by atoms with Crippen molar-refractivity contribution in [1.82, 2.24) is 0 Å². The third-order valence-corrected chi connectivity index (χ3v) is 1.52. The van der Waals surface area contributed by atoms with Gasteiger partial charge in [-0.15, -0.1) is 0 Å². The molecule has 0 aromatic heterocycles. The molecule has 13 heavy (non-hydrogen) atoms. The van der Waals surface area contributed by atoms with E-state index in [0.29, 0.717) is 52.7 Å². The summed E-state index contributed by atoms with van der Waals surface area (Å²) in [6, 6.07) is 0. The van der Waals surface area contributed by atoms with Gasteiger partial charge >= 0.3 is 0 Å². The molecule has 0 saturated heterocycles. The number of hydrogen-bond acceptors (Lipinski definition) is 5. The molecule has 0 saturated carbocycles. The topological polar surface area (TPSA) is 52.4 Å². The Morgan fingerprint density at radius 3 is 1.38 bits per heavy atom. The van der Waals surface area contributed by atoms with Gasteiger partial charge in [0.1, 0.15) is 0 Å². The quantitative estimate of drug-likeness (QED) is 0.556. The minimum absolute atomic E-state index is 0.619. The van der Waals surface area contributed by atoms with Crippen LogP contribution in [0.1, 0.15) is 0 Å². The lowest BCUT2D eigenvalue weighted by Gasteiger charge is -2.04. The number of ether oxygens (including phenoxy) is 3. The van der Waals surface area contributed by atoms with E-state index < -0.39 is 0 Å². The highest BCUT2D eigenvalue weighted by Crippen LogP contribution is 1.85. The maximum Gasteiger partial charge on any atom is 0.0832 e. The zero-order chi connectivity index (χ0) is 9.19. The van der Waals surface area contributed by atoms with E-state index >= 15 is 0 Å². The van der Waals surface area contributed by atoms with Crippen LogP contribution in [-0.4, -0.2) is 52.7 Å². The van der Waals surface area contributed by atoms with Gasteiger partial charge < -0.3 is 14.2 Å². The first kappa shape index (κ1) is 10.6. The lowest BCUT2D eigenvalue weighted by atomic mass is 10.7. The molecule has 0 N–H and O–H groups in total. The molecular formula is C8H16N2O3. The monoisotopic (exact) mass is 188 g/mol. The van der Waals surface area contributed by atoms with Crippen LogP contribution in [0.3, 0.4) is 0 Å². The first-order chi connectivity index (χ1) is 6.50. The average Bonchev–Trinajstić information content (AvgIpc) is 2.18. The molecule has 0 aliphatic carbocycles. The Hall–Kier alpha value is -0.520. The number of hydrogen-bond donors (Lipinski definition) is 0. The van der Waals surface area contributed by atoms with E-state index in [1.54, 1.807) is 0 Å². The molecule has 0 aromatic rings. The summed E-state index contributed by atoms with van der Waals surface area (Å²) in [5, 5.41) is 7.83. The summed E-state index contributed by atoms with van der Waals surface area (Å²) in [6.07, 6.45) is 0. The second-order valence-electron chi connectivity index (χ2n) is 2.57. The lowest BCUT2D eigenvalue weighted by molar-refractivity contribution is 0.0188. The molecule has 0 atom stereocenters. The molecule has 0 unspecified atom stereocenters. The van der Waals surface area contributed by atoms with Gasteiger partial charge in [-0.25, -0.2) is 0 Å². The largest absolute Gasteiger partial charge is 0.377 e. The first-order valence-electron chi connectivity index (χ1n) is 4.56. The van der Waals surface area contributed by atoms with Crippen molar-refractivity contribution in [2.45, 2.75) is 0 Å². The maximum atomic E-state index is 5.24. The molecule has 5 heteroatoms. The fourth-order valence-electron chi connectivity index (χ4n) is 0.894. The molecule has 5 nitrogen and oxygen atoms in total. The Labute approximate surface area is 78.1 Å². The van der Waals surface area contributed by atoms with Gasteiger partial charge in [-0.3, -0.25) is 0 Å². The number of nitrogens with zero attached hydrogens (tertiary/aromatic N) is 2. The summed E-state index contributed by atoms with van der Waals surface area (Å²) < 4.78 is 15.7. The van der Waals surface area contributed by atoms with E-state index in [4.69, 9.17) is 14.2 Å². The summed E-state index contributed by atoms with van der Waals surface area (Å²) in [5.41, 5.74) is 0. The third kappa shape index (κ3) is 6.62. The van der Waals surface area contributed by atoms with E-state index in [1.807, 2.05) is 0 Å². The zero-order valence-corrected chi connectivity index (χ0v) is 7.78. The van der Waals surface area contributed by atoms with Crippen molar-refractivity contribution in [3.8, 4) is 0 Å². The van der Waals surface area contributed by atoms with E-state index in [-0.39, 0.29) is 0 Å². The van der Waals surface area contributed by atoms with E-state index in [1.165, 1.54) is 0 Å². The normalized spacial score (nSPS) is 25.2. The highest BCUT2D eigenvalue weighted by Gasteiger charge is 1.92. The highest BCUT2D eigenvalue weighted by molar-refractivity contribution is 4.42. The molecule has 0 fully saturated rings. The molecule has 1 rings (SSSR count). The fraction of sp³-hybridized carbons (Fsp3) is 1.00. The Morgan fingerprint density at radius 1 is 0.538 bits per heavy atom. The van der Waals surface area contributed by atoms with E-state index in [0.717, 1.165) is 0 Å². The summed E-state index contributed by atoms with van der Waals surface area (Å²) in [4.78, 5) is 0. The van der Waals surface area contributed by atoms with E-state index in [2.05, 4.69) is 10.2 Å². The molecular weight excluding hydrogens is 172 g/mol. The van der Waals surface area contributed by atoms with Gasteiger partial charge in [-0.1, -0.05) is 0 Å². The lowest BCUT2D eigenvalue weighted by Crippen LogP contribution is -2.10. The summed E-state index contributed by atoms with van der Waals surface area (Å²) in [7, 11) is 0. The van der Waals surface area contributed by atoms with Gasteiger partial charge in [0.05, 0.1) is 52.7 Å². The van der Waals surface area contributed by atoms with Crippen LogP contribution in [0.4, 0.5) is 0 Å². The van der Waals surface area contributed by atoms with Crippen LogP contribution in [0.15, 0.2) is 10.2 Å². The molecule has 0 aromatic carbocycles. The van der Waals surface area contributed by atoms with Crippen molar-refractivity contribution in [2.75, 3.05) is 52.7 Å². The van der Waals surface area contributed by atoms with Crippen molar-refractivity contribution in [3.63, 3.8) is 0 Å². The van der Waals surface area contributed by atoms with Gasteiger partial charge in [0.15, 0.2) is 0 Å². The summed E-state index contributed by atoms with van der Waals surface area (Å²) in [6.45, 7) is 4.98. The number of rotatable bonds is 0. The molecule has 0 spiro atoms. The van der Waals surface area contributed by atoms with Gasteiger partial charge in [-0.05, 0) is 0 Å². The van der Waals surface area contributed by atoms with Crippen molar-refractivity contribution in [2.24, 2.45) is 10.2 Å². The molecule has 0 amide bonds. The second kappa shape index (κ2) is 8.10. The van der Waals surface area contributed by atoms with Crippen LogP contribution in [0.2, 0.25) is 0 Å². The Bertz CT molecular complexity index is 127. The Balaban J connectivity index is 2.09. The van der Waals surface area contributed by atoms with Crippen LogP contribution in [0, 0.1) is 0 Å². The van der Waals surface area contributed by atoms with Crippen LogP contribution >= 0.6 is 0 Å². The van der Waals surface area contributed by atoms with Gasteiger partial charge in [0, 0.05) is 0 Å². The van der Waals surface area contributed by atoms with Crippen molar-refractivity contribution < 1.29 is 14.2 Å². The summed E-state index contributed by atoms with van der Waals surface area (Å²) in [5.74, 6) is 0. The maximum absolute atomic E-state index is 5.24. The van der Waals surface area contributed by atoms with E-state index in [9.17, 15) is 0 Å².